The molecule has 0 unspecified atom stereocenters. The first kappa shape index (κ1) is 12.9. The zero-order valence-corrected chi connectivity index (χ0v) is 9.84. The molecule has 0 atom stereocenters. The molecule has 0 aliphatic carbocycles. The number of hydrogen-bond acceptors (Lipinski definition) is 4. The third kappa shape index (κ3) is 4.46. The number of carbonyl (C=O) groups excluding carboxylic acids is 1. The smallest absolute Gasteiger partial charge is 0.244 e. The number of hydrazone groups is 1. The van der Waals surface area contributed by atoms with Gasteiger partial charge in [0.25, 0.3) is 0 Å². The van der Waals surface area contributed by atoms with Gasteiger partial charge in [-0.3, -0.25) is 4.79 Å². The molecule has 0 bridgehead atoms. The van der Waals surface area contributed by atoms with E-state index in [4.69, 9.17) is 5.21 Å². The van der Waals surface area contributed by atoms with Gasteiger partial charge < -0.3 is 5.21 Å². The quantitative estimate of drug-likeness (QED) is 0.470. The lowest BCUT2D eigenvalue weighted by molar-refractivity contribution is -0.120. The highest BCUT2D eigenvalue weighted by atomic mass is 16.4. The SMILES string of the molecule is CC(=N\O)/C(C)=N/NC(=O)Cc1ccccc1. The lowest BCUT2D eigenvalue weighted by atomic mass is 10.1. The fraction of sp³-hybridized carbons (Fsp3) is 0.250. The number of hydrogen-bond donors (Lipinski definition) is 2. The van der Waals surface area contributed by atoms with Gasteiger partial charge in [-0.15, -0.1) is 0 Å². The van der Waals surface area contributed by atoms with Crippen LogP contribution in [0.3, 0.4) is 0 Å². The van der Waals surface area contributed by atoms with E-state index in [1.807, 2.05) is 30.3 Å². The number of rotatable bonds is 4. The van der Waals surface area contributed by atoms with Crippen molar-refractivity contribution in [1.29, 1.82) is 0 Å². The predicted octanol–water partition coefficient (Wildman–Crippen LogP) is 1.57. The Morgan fingerprint density at radius 1 is 1.24 bits per heavy atom. The van der Waals surface area contributed by atoms with Gasteiger partial charge in [-0.25, -0.2) is 5.43 Å². The number of amides is 1. The minimum Gasteiger partial charge on any atom is -0.411 e. The highest BCUT2D eigenvalue weighted by molar-refractivity contribution is 6.40. The fourth-order valence-corrected chi connectivity index (χ4v) is 1.12. The molecule has 0 aromatic heterocycles. The summed E-state index contributed by atoms with van der Waals surface area (Å²) in [6.45, 7) is 3.25. The van der Waals surface area contributed by atoms with E-state index in [0.717, 1.165) is 5.56 Å². The van der Waals surface area contributed by atoms with Crippen molar-refractivity contribution in [2.24, 2.45) is 10.3 Å². The molecule has 90 valence electrons. The minimum absolute atomic E-state index is 0.207. The van der Waals surface area contributed by atoms with Gasteiger partial charge in [-0.05, 0) is 19.4 Å². The van der Waals surface area contributed by atoms with Crippen LogP contribution in [0, 0.1) is 0 Å². The topological polar surface area (TPSA) is 74.1 Å². The van der Waals surface area contributed by atoms with Crippen molar-refractivity contribution in [1.82, 2.24) is 5.43 Å². The average Bonchev–Trinajstić information content (AvgIpc) is 2.36. The van der Waals surface area contributed by atoms with Crippen LogP contribution in [-0.4, -0.2) is 22.5 Å². The predicted molar refractivity (Wildman–Crippen MR) is 66.3 cm³/mol. The van der Waals surface area contributed by atoms with Gasteiger partial charge in [-0.2, -0.15) is 5.10 Å². The van der Waals surface area contributed by atoms with Crippen LogP contribution in [0.2, 0.25) is 0 Å². The first-order chi connectivity index (χ1) is 8.13. The van der Waals surface area contributed by atoms with E-state index in [1.165, 1.54) is 0 Å². The maximum absolute atomic E-state index is 11.5. The first-order valence-electron chi connectivity index (χ1n) is 5.19. The van der Waals surface area contributed by atoms with Crippen molar-refractivity contribution >= 4 is 17.3 Å². The van der Waals surface area contributed by atoms with Gasteiger partial charge in [0.1, 0.15) is 0 Å². The Kier molecular flexibility index (Phi) is 4.87. The number of carbonyl (C=O) groups is 1. The van der Waals surface area contributed by atoms with Crippen LogP contribution < -0.4 is 5.43 Å². The Bertz CT molecular complexity index is 438. The van der Waals surface area contributed by atoms with Crippen LogP contribution in [0.5, 0.6) is 0 Å². The second-order valence-corrected chi connectivity index (χ2v) is 3.58. The Morgan fingerprint density at radius 3 is 2.47 bits per heavy atom. The Balaban J connectivity index is 2.52. The lowest BCUT2D eigenvalue weighted by Crippen LogP contribution is -2.22. The van der Waals surface area contributed by atoms with Gasteiger partial charge in [0.05, 0.1) is 17.8 Å². The Morgan fingerprint density at radius 2 is 1.88 bits per heavy atom. The molecule has 1 rings (SSSR count). The van der Waals surface area contributed by atoms with Crippen LogP contribution in [0.4, 0.5) is 0 Å². The second kappa shape index (κ2) is 6.42. The van der Waals surface area contributed by atoms with Crippen molar-refractivity contribution in [2.45, 2.75) is 20.3 Å². The van der Waals surface area contributed by atoms with E-state index >= 15 is 0 Å². The second-order valence-electron chi connectivity index (χ2n) is 3.58. The van der Waals surface area contributed by atoms with E-state index in [2.05, 4.69) is 15.7 Å². The van der Waals surface area contributed by atoms with Crippen LogP contribution >= 0.6 is 0 Å². The van der Waals surface area contributed by atoms with Crippen molar-refractivity contribution in [2.75, 3.05) is 0 Å². The molecule has 1 aromatic carbocycles. The molecule has 1 aromatic rings. The number of benzene rings is 1. The molecule has 5 nitrogen and oxygen atoms in total. The molecule has 0 radical (unpaired) electrons. The van der Waals surface area contributed by atoms with Crippen LogP contribution in [0.15, 0.2) is 40.6 Å². The van der Waals surface area contributed by atoms with Crippen molar-refractivity contribution < 1.29 is 10.0 Å². The van der Waals surface area contributed by atoms with Crippen LogP contribution in [0.25, 0.3) is 0 Å². The molecule has 0 spiro atoms. The molecule has 0 saturated heterocycles. The van der Waals surface area contributed by atoms with Gasteiger partial charge >= 0.3 is 0 Å². The molecule has 0 saturated carbocycles. The summed E-state index contributed by atoms with van der Waals surface area (Å²) >= 11 is 0. The van der Waals surface area contributed by atoms with Crippen molar-refractivity contribution in [3.05, 3.63) is 35.9 Å². The summed E-state index contributed by atoms with van der Waals surface area (Å²) in [6.07, 6.45) is 0.271. The summed E-state index contributed by atoms with van der Waals surface area (Å²) in [5.41, 5.74) is 4.16. The molecular weight excluding hydrogens is 218 g/mol. The molecule has 0 aliphatic rings. The molecule has 17 heavy (non-hydrogen) atoms. The van der Waals surface area contributed by atoms with Gasteiger partial charge in [0, 0.05) is 0 Å². The number of oxime groups is 1. The third-order valence-corrected chi connectivity index (χ3v) is 2.23. The van der Waals surface area contributed by atoms with E-state index < -0.39 is 0 Å². The van der Waals surface area contributed by atoms with Crippen LogP contribution in [-0.2, 0) is 11.2 Å². The molecule has 1 amide bonds. The maximum atomic E-state index is 11.5. The molecule has 5 heteroatoms. The first-order valence-corrected chi connectivity index (χ1v) is 5.19. The molecule has 0 fully saturated rings. The third-order valence-electron chi connectivity index (χ3n) is 2.23. The summed E-state index contributed by atoms with van der Waals surface area (Å²) in [6, 6.07) is 9.39. The number of nitrogens with zero attached hydrogens (tertiary/aromatic N) is 2. The fourth-order valence-electron chi connectivity index (χ4n) is 1.12. The highest BCUT2D eigenvalue weighted by Gasteiger charge is 2.02. The summed E-state index contributed by atoms with van der Waals surface area (Å²) in [5.74, 6) is -0.207. The molecule has 0 heterocycles. The van der Waals surface area contributed by atoms with E-state index in [9.17, 15) is 4.79 Å². The summed E-state index contributed by atoms with van der Waals surface area (Å²) in [4.78, 5) is 11.5. The van der Waals surface area contributed by atoms with Gasteiger partial charge in [-0.1, -0.05) is 35.5 Å². The van der Waals surface area contributed by atoms with E-state index in [0.29, 0.717) is 11.4 Å². The Labute approximate surface area is 99.8 Å². The standard InChI is InChI=1S/C12H15N3O2/c1-9(10(2)15-17)13-14-12(16)8-11-6-4-3-5-7-11/h3-7,17H,8H2,1-2H3,(H,14,16)/b13-9+,15-10+. The zero-order chi connectivity index (χ0) is 12.7. The van der Waals surface area contributed by atoms with E-state index in [1.54, 1.807) is 13.8 Å². The summed E-state index contributed by atoms with van der Waals surface area (Å²) in [7, 11) is 0. The average molecular weight is 233 g/mol. The zero-order valence-electron chi connectivity index (χ0n) is 9.84. The Hall–Kier alpha value is -2.17. The lowest BCUT2D eigenvalue weighted by Gasteiger charge is -2.01. The van der Waals surface area contributed by atoms with E-state index in [-0.39, 0.29) is 12.3 Å². The summed E-state index contributed by atoms with van der Waals surface area (Å²) < 4.78 is 0. The molecule has 2 N–H and O–H groups in total. The monoisotopic (exact) mass is 233 g/mol. The normalized spacial score (nSPS) is 12.4. The molecule has 0 aliphatic heterocycles. The minimum atomic E-state index is -0.207. The maximum Gasteiger partial charge on any atom is 0.244 e. The largest absolute Gasteiger partial charge is 0.411 e. The van der Waals surface area contributed by atoms with Crippen LogP contribution in [0.1, 0.15) is 19.4 Å². The van der Waals surface area contributed by atoms with Gasteiger partial charge in [0.2, 0.25) is 5.91 Å². The van der Waals surface area contributed by atoms with Gasteiger partial charge in [0.15, 0.2) is 0 Å². The summed E-state index contributed by atoms with van der Waals surface area (Å²) in [5, 5.41) is 15.3. The van der Waals surface area contributed by atoms with Crippen molar-refractivity contribution in [3.63, 3.8) is 0 Å². The van der Waals surface area contributed by atoms with Crippen molar-refractivity contribution in [3.8, 4) is 0 Å². The highest BCUT2D eigenvalue weighted by Crippen LogP contribution is 1.98. The molecular formula is C12H15N3O2. The number of nitrogens with one attached hydrogen (secondary N) is 1.